The molecule has 1 aromatic carbocycles. The summed E-state index contributed by atoms with van der Waals surface area (Å²) >= 11 is 5.89. The Morgan fingerprint density at radius 2 is 1.76 bits per heavy atom. The van der Waals surface area contributed by atoms with Crippen molar-refractivity contribution in [3.05, 3.63) is 107 Å². The van der Waals surface area contributed by atoms with Gasteiger partial charge in [-0.05, 0) is 99.6 Å². The molecule has 1 aliphatic rings. The Morgan fingerprint density at radius 3 is 2.41 bits per heavy atom. The smallest absolute Gasteiger partial charge is 0.170 e. The second kappa shape index (κ2) is 10.7. The van der Waals surface area contributed by atoms with Crippen molar-refractivity contribution in [2.24, 2.45) is 0 Å². The molecule has 0 aliphatic carbocycles. The first kappa shape index (κ1) is 25.0. The average Bonchev–Trinajstić information content (AvgIpc) is 3.40. The third kappa shape index (κ3) is 4.83. The molecule has 1 fully saturated rings. The van der Waals surface area contributed by atoms with Gasteiger partial charge in [0, 0.05) is 61.0 Å². The number of aryl methyl sites for hydroxylation is 1. The number of thiocarbonyl (C=S) groups is 1. The summed E-state index contributed by atoms with van der Waals surface area (Å²) in [5.41, 5.74) is 8.18. The van der Waals surface area contributed by atoms with Crippen LogP contribution in [0.3, 0.4) is 0 Å². The van der Waals surface area contributed by atoms with Gasteiger partial charge < -0.3 is 19.7 Å². The number of benzene rings is 1. The zero-order chi connectivity index (χ0) is 25.9. The first-order chi connectivity index (χ1) is 18.0. The summed E-state index contributed by atoms with van der Waals surface area (Å²) in [4.78, 5) is 13.7. The molecule has 0 bridgehead atoms. The van der Waals surface area contributed by atoms with E-state index in [-0.39, 0.29) is 12.1 Å². The van der Waals surface area contributed by atoms with E-state index in [0.717, 1.165) is 29.5 Å². The van der Waals surface area contributed by atoms with Gasteiger partial charge in [-0.1, -0.05) is 12.1 Å². The van der Waals surface area contributed by atoms with Gasteiger partial charge in [0.05, 0.1) is 17.8 Å². The van der Waals surface area contributed by atoms with E-state index in [1.807, 2.05) is 30.6 Å². The van der Waals surface area contributed by atoms with Gasteiger partial charge >= 0.3 is 0 Å². The number of hydrogen-bond donors (Lipinski definition) is 1. The van der Waals surface area contributed by atoms with Gasteiger partial charge in [0.25, 0.3) is 0 Å². The van der Waals surface area contributed by atoms with Crippen molar-refractivity contribution in [2.45, 2.75) is 46.3 Å². The second-order valence-corrected chi connectivity index (χ2v) is 9.85. The molecule has 1 N–H and O–H groups in total. The fraction of sp³-hybridized carbons (Fsp3) is 0.300. The number of hydrogen-bond acceptors (Lipinski definition) is 4. The third-order valence-corrected chi connectivity index (χ3v) is 7.65. The molecule has 0 amide bonds. The molecular formula is C30H34N6S. The van der Waals surface area contributed by atoms with E-state index in [1.165, 1.54) is 28.3 Å². The topological polar surface area (TPSA) is 49.2 Å². The van der Waals surface area contributed by atoms with E-state index < -0.39 is 0 Å². The van der Waals surface area contributed by atoms with Crippen LogP contribution in [0.5, 0.6) is 0 Å². The van der Waals surface area contributed by atoms with E-state index in [4.69, 9.17) is 17.2 Å². The first-order valence-electron chi connectivity index (χ1n) is 12.9. The molecule has 4 aromatic rings. The molecule has 5 rings (SSSR count). The maximum absolute atomic E-state index is 5.89. The molecule has 7 heteroatoms. The van der Waals surface area contributed by atoms with Gasteiger partial charge in [-0.2, -0.15) is 0 Å². The van der Waals surface area contributed by atoms with E-state index >= 15 is 0 Å². The lowest BCUT2D eigenvalue weighted by molar-refractivity contribution is 0.310. The lowest BCUT2D eigenvalue weighted by Gasteiger charge is -2.28. The van der Waals surface area contributed by atoms with Crippen LogP contribution < -0.4 is 10.2 Å². The predicted molar refractivity (Wildman–Crippen MR) is 154 cm³/mol. The molecule has 0 unspecified atom stereocenters. The summed E-state index contributed by atoms with van der Waals surface area (Å²) in [5.74, 6) is 0. The Balaban J connectivity index is 1.56. The number of nitrogens with one attached hydrogen (secondary N) is 1. The van der Waals surface area contributed by atoms with E-state index in [9.17, 15) is 0 Å². The lowest BCUT2D eigenvalue weighted by Crippen LogP contribution is -2.29. The third-order valence-electron chi connectivity index (χ3n) is 7.30. The maximum atomic E-state index is 5.89. The highest BCUT2D eigenvalue weighted by molar-refractivity contribution is 7.80. The Kier molecular flexibility index (Phi) is 7.24. The number of anilines is 1. The van der Waals surface area contributed by atoms with Crippen LogP contribution in [0.1, 0.15) is 54.1 Å². The molecule has 0 radical (unpaired) electrons. The van der Waals surface area contributed by atoms with E-state index in [1.54, 1.807) is 6.20 Å². The summed E-state index contributed by atoms with van der Waals surface area (Å²) < 4.78 is 2.35. The highest BCUT2D eigenvalue weighted by Crippen LogP contribution is 2.42. The van der Waals surface area contributed by atoms with Gasteiger partial charge in [0.15, 0.2) is 5.11 Å². The Morgan fingerprint density at radius 1 is 0.973 bits per heavy atom. The number of pyridine rings is 2. The van der Waals surface area contributed by atoms with E-state index in [2.05, 4.69) is 94.8 Å². The van der Waals surface area contributed by atoms with Crippen molar-refractivity contribution in [1.29, 1.82) is 0 Å². The number of aromatic nitrogens is 3. The molecule has 37 heavy (non-hydrogen) atoms. The average molecular weight is 511 g/mol. The predicted octanol–water partition coefficient (Wildman–Crippen LogP) is 5.90. The molecule has 4 heterocycles. The van der Waals surface area contributed by atoms with Gasteiger partial charge in [0.2, 0.25) is 0 Å². The van der Waals surface area contributed by atoms with Crippen LogP contribution in [-0.2, 0) is 6.54 Å². The van der Waals surface area contributed by atoms with Gasteiger partial charge in [-0.15, -0.1) is 0 Å². The minimum absolute atomic E-state index is 0.00231. The Bertz CT molecular complexity index is 1350. The molecule has 190 valence electrons. The van der Waals surface area contributed by atoms with Crippen molar-refractivity contribution in [1.82, 2.24) is 24.8 Å². The zero-order valence-electron chi connectivity index (χ0n) is 21.9. The van der Waals surface area contributed by atoms with Crippen LogP contribution in [0.2, 0.25) is 0 Å². The molecule has 2 atom stereocenters. The minimum atomic E-state index is -0.0515. The molecule has 6 nitrogen and oxygen atoms in total. The molecule has 1 saturated heterocycles. The van der Waals surface area contributed by atoms with Crippen molar-refractivity contribution in [2.75, 3.05) is 18.0 Å². The quantitative estimate of drug-likeness (QED) is 0.298. The molecule has 3 aromatic heterocycles. The van der Waals surface area contributed by atoms with Crippen molar-refractivity contribution >= 4 is 23.0 Å². The summed E-state index contributed by atoms with van der Waals surface area (Å²) in [6, 6.07) is 21.3. The van der Waals surface area contributed by atoms with Crippen LogP contribution in [0.15, 0.2) is 79.3 Å². The fourth-order valence-corrected chi connectivity index (χ4v) is 5.79. The van der Waals surface area contributed by atoms with Crippen LogP contribution in [0.4, 0.5) is 5.69 Å². The monoisotopic (exact) mass is 510 g/mol. The second-order valence-electron chi connectivity index (χ2n) is 9.47. The Hall–Kier alpha value is -3.71. The maximum Gasteiger partial charge on any atom is 0.170 e. The fourth-order valence-electron chi connectivity index (χ4n) is 5.49. The zero-order valence-corrected chi connectivity index (χ0v) is 22.7. The van der Waals surface area contributed by atoms with Crippen molar-refractivity contribution in [3.63, 3.8) is 0 Å². The largest absolute Gasteiger partial charge is 0.372 e. The summed E-state index contributed by atoms with van der Waals surface area (Å²) in [5, 5.41) is 4.31. The lowest BCUT2D eigenvalue weighted by atomic mass is 9.96. The summed E-state index contributed by atoms with van der Waals surface area (Å²) in [6.45, 7) is 11.4. The highest BCUT2D eigenvalue weighted by atomic mass is 32.1. The van der Waals surface area contributed by atoms with Gasteiger partial charge in [-0.25, -0.2) is 0 Å². The van der Waals surface area contributed by atoms with E-state index in [0.29, 0.717) is 6.54 Å². The first-order valence-corrected chi connectivity index (χ1v) is 13.3. The molecule has 1 aliphatic heterocycles. The SMILES string of the molecule is CCN(CC)c1ccc(-n2c(C)cc([C@H]3[C@H](c4ccccn4)NC(=S)N3Cc3cccnc3)c2C)cc1. The molecule has 0 saturated carbocycles. The van der Waals surface area contributed by atoms with Crippen molar-refractivity contribution in [3.8, 4) is 5.69 Å². The minimum Gasteiger partial charge on any atom is -0.372 e. The number of nitrogens with zero attached hydrogens (tertiary/aromatic N) is 5. The number of rotatable bonds is 8. The molecule has 0 spiro atoms. The highest BCUT2D eigenvalue weighted by Gasteiger charge is 2.41. The van der Waals surface area contributed by atoms with Crippen LogP contribution >= 0.6 is 12.2 Å². The summed E-state index contributed by atoms with van der Waals surface area (Å²) in [6.07, 6.45) is 5.56. The van der Waals surface area contributed by atoms with Crippen LogP contribution in [0, 0.1) is 13.8 Å². The standard InChI is InChI=1S/C30H34N6S/c1-5-34(6-2)24-12-14-25(15-13-24)36-21(3)18-26(22(36)4)29-28(27-11-7-8-17-32-27)33-30(37)35(29)20-23-10-9-16-31-19-23/h7-19,28-29H,5-6,20H2,1-4H3,(H,33,37)/t28-,29-/m0/s1. The van der Waals surface area contributed by atoms with Gasteiger partial charge in [0.1, 0.15) is 0 Å². The normalized spacial score (nSPS) is 17.2. The van der Waals surface area contributed by atoms with Gasteiger partial charge in [-0.3, -0.25) is 9.97 Å². The van der Waals surface area contributed by atoms with Crippen molar-refractivity contribution < 1.29 is 0 Å². The van der Waals surface area contributed by atoms with Crippen LogP contribution in [0.25, 0.3) is 5.69 Å². The molecular weight excluding hydrogens is 476 g/mol. The summed E-state index contributed by atoms with van der Waals surface area (Å²) in [7, 11) is 0. The Labute approximate surface area is 225 Å². The van der Waals surface area contributed by atoms with Crippen LogP contribution in [-0.4, -0.2) is 37.6 Å².